The lowest BCUT2D eigenvalue weighted by atomic mass is 10.3. The van der Waals surface area contributed by atoms with Crippen LogP contribution >= 0.6 is 0 Å². The second kappa shape index (κ2) is 6.29. The summed E-state index contributed by atoms with van der Waals surface area (Å²) in [5, 5.41) is 19.5. The lowest BCUT2D eigenvalue weighted by molar-refractivity contribution is -0.388. The van der Waals surface area contributed by atoms with Gasteiger partial charge in [0.25, 0.3) is 15.7 Å². The smallest absolute Gasteiger partial charge is 0.318 e. The number of hydrogen-bond donors (Lipinski definition) is 1. The minimum absolute atomic E-state index is 0.371. The number of carbonyl (C=O) groups is 1. The predicted octanol–water partition coefficient (Wildman–Crippen LogP) is 0.442. The number of terminal acetylenes is 1. The van der Waals surface area contributed by atoms with E-state index >= 15 is 0 Å². The fourth-order valence-corrected chi connectivity index (χ4v) is 2.91. The highest BCUT2D eigenvalue weighted by Crippen LogP contribution is 2.27. The summed E-state index contributed by atoms with van der Waals surface area (Å²) in [4.78, 5) is 19.6. The Bertz CT molecular complexity index is 725. The molecule has 1 aromatic rings. The first-order valence-corrected chi connectivity index (χ1v) is 6.73. The van der Waals surface area contributed by atoms with Gasteiger partial charge in [0.05, 0.1) is 17.5 Å². The molecule has 8 nitrogen and oxygen atoms in total. The Morgan fingerprint density at radius 2 is 2.14 bits per heavy atom. The van der Waals surface area contributed by atoms with Crippen LogP contribution < -0.4 is 0 Å². The van der Waals surface area contributed by atoms with Crippen LogP contribution in [-0.2, 0) is 14.8 Å². The maximum Gasteiger partial charge on any atom is 0.318 e. The van der Waals surface area contributed by atoms with E-state index in [1.54, 1.807) is 0 Å². The van der Waals surface area contributed by atoms with Crippen LogP contribution in [0.15, 0.2) is 23.1 Å². The van der Waals surface area contributed by atoms with Gasteiger partial charge < -0.3 is 5.11 Å². The Morgan fingerprint density at radius 1 is 1.52 bits per heavy atom. The van der Waals surface area contributed by atoms with Crippen LogP contribution in [-0.4, -0.2) is 41.8 Å². The molecule has 0 aliphatic rings. The summed E-state index contributed by atoms with van der Waals surface area (Å²) < 4.78 is 37.9. The molecule has 0 aliphatic carbocycles. The van der Waals surface area contributed by atoms with Crippen LogP contribution in [0.5, 0.6) is 0 Å². The van der Waals surface area contributed by atoms with Gasteiger partial charge in [-0.25, -0.2) is 12.8 Å². The maximum absolute atomic E-state index is 13.0. The van der Waals surface area contributed by atoms with E-state index in [2.05, 4.69) is 0 Å². The largest absolute Gasteiger partial charge is 0.480 e. The van der Waals surface area contributed by atoms with Crippen molar-refractivity contribution in [3.05, 3.63) is 34.1 Å². The summed E-state index contributed by atoms with van der Waals surface area (Å²) in [6.07, 6.45) is 4.96. The number of carboxylic acids is 1. The number of aliphatic carboxylic acids is 1. The third-order valence-electron chi connectivity index (χ3n) is 2.31. The number of nitro groups is 1. The van der Waals surface area contributed by atoms with Crippen molar-refractivity contribution >= 4 is 21.7 Å². The summed E-state index contributed by atoms with van der Waals surface area (Å²) in [6.45, 7) is -1.57. The van der Waals surface area contributed by atoms with Crippen LogP contribution in [0, 0.1) is 28.3 Å². The Morgan fingerprint density at radius 3 is 2.62 bits per heavy atom. The molecule has 1 N–H and O–H groups in total. The molecule has 112 valence electrons. The fourth-order valence-electron chi connectivity index (χ4n) is 1.47. The predicted molar refractivity (Wildman–Crippen MR) is 68.3 cm³/mol. The summed E-state index contributed by atoms with van der Waals surface area (Å²) in [5.74, 6) is -0.537. The van der Waals surface area contributed by atoms with Gasteiger partial charge in [-0.2, -0.15) is 4.31 Å². The lowest BCUT2D eigenvalue weighted by Gasteiger charge is -2.17. The zero-order valence-corrected chi connectivity index (χ0v) is 11.2. The Balaban J connectivity index is 3.45. The molecule has 0 atom stereocenters. The summed E-state index contributed by atoms with van der Waals surface area (Å²) in [7, 11) is -4.55. The summed E-state index contributed by atoms with van der Waals surface area (Å²) >= 11 is 0. The highest BCUT2D eigenvalue weighted by Gasteiger charge is 2.32. The minimum Gasteiger partial charge on any atom is -0.480 e. The van der Waals surface area contributed by atoms with E-state index in [4.69, 9.17) is 11.5 Å². The van der Waals surface area contributed by atoms with E-state index in [-0.39, 0.29) is 0 Å². The molecule has 0 aliphatic heterocycles. The molecule has 1 aromatic carbocycles. The standard InChI is InChI=1S/C11H9FN2O6S/c1-2-5-13(7-11(15)16)21(19,20)10-4-3-8(12)6-9(10)14(17)18/h1,3-4,6H,5,7H2,(H,15,16). The number of hydrogen-bond acceptors (Lipinski definition) is 5. The molecular weight excluding hydrogens is 307 g/mol. The molecule has 0 heterocycles. The zero-order valence-electron chi connectivity index (χ0n) is 10.4. The number of rotatable bonds is 6. The molecule has 1 rings (SSSR count). The Kier molecular flexibility index (Phi) is 4.96. The van der Waals surface area contributed by atoms with Crippen molar-refractivity contribution in [1.82, 2.24) is 4.31 Å². The van der Waals surface area contributed by atoms with E-state index in [9.17, 15) is 27.7 Å². The normalized spacial score (nSPS) is 11.1. The van der Waals surface area contributed by atoms with Gasteiger partial charge in [0.15, 0.2) is 4.90 Å². The monoisotopic (exact) mass is 316 g/mol. The van der Waals surface area contributed by atoms with Crippen molar-refractivity contribution in [1.29, 1.82) is 0 Å². The van der Waals surface area contributed by atoms with Gasteiger partial charge in [0, 0.05) is 0 Å². The molecule has 0 bridgehead atoms. The molecule has 0 unspecified atom stereocenters. The van der Waals surface area contributed by atoms with Gasteiger partial charge in [-0.3, -0.25) is 14.9 Å². The molecule has 0 amide bonds. The molecule has 0 saturated carbocycles. The van der Waals surface area contributed by atoms with Crippen molar-refractivity contribution in [2.24, 2.45) is 0 Å². The number of benzene rings is 1. The Labute approximate surface area is 119 Å². The highest BCUT2D eigenvalue weighted by molar-refractivity contribution is 7.89. The van der Waals surface area contributed by atoms with Crippen LogP contribution in [0.1, 0.15) is 0 Å². The van der Waals surface area contributed by atoms with Crippen LogP contribution in [0.4, 0.5) is 10.1 Å². The van der Waals surface area contributed by atoms with Crippen LogP contribution in [0.25, 0.3) is 0 Å². The average Bonchev–Trinajstić information content (AvgIpc) is 2.37. The molecule has 0 fully saturated rings. The van der Waals surface area contributed by atoms with E-state index < -0.39 is 50.4 Å². The summed E-state index contributed by atoms with van der Waals surface area (Å²) in [5.41, 5.74) is -0.998. The number of sulfonamides is 1. The molecule has 0 radical (unpaired) electrons. The Hall–Kier alpha value is -2.51. The van der Waals surface area contributed by atoms with E-state index in [0.29, 0.717) is 22.5 Å². The topological polar surface area (TPSA) is 118 Å². The number of carboxylic acid groups (broad SMARTS) is 1. The first-order valence-electron chi connectivity index (χ1n) is 5.29. The third-order valence-corrected chi connectivity index (χ3v) is 4.15. The minimum atomic E-state index is -4.55. The van der Waals surface area contributed by atoms with Crippen LogP contribution in [0.3, 0.4) is 0 Å². The van der Waals surface area contributed by atoms with Gasteiger partial charge in [0.2, 0.25) is 0 Å². The maximum atomic E-state index is 13.0. The number of nitro benzene ring substituents is 1. The second-order valence-corrected chi connectivity index (χ2v) is 5.65. The fraction of sp³-hybridized carbons (Fsp3) is 0.182. The van der Waals surface area contributed by atoms with E-state index in [0.717, 1.165) is 0 Å². The second-order valence-electron chi connectivity index (χ2n) is 3.74. The van der Waals surface area contributed by atoms with Crippen molar-refractivity contribution in [2.75, 3.05) is 13.1 Å². The van der Waals surface area contributed by atoms with E-state index in [1.807, 2.05) is 5.92 Å². The zero-order chi connectivity index (χ0) is 16.2. The number of nitrogens with zero attached hydrogens (tertiary/aromatic N) is 2. The highest BCUT2D eigenvalue weighted by atomic mass is 32.2. The first kappa shape index (κ1) is 16.5. The van der Waals surface area contributed by atoms with Crippen molar-refractivity contribution < 1.29 is 27.6 Å². The molecule has 21 heavy (non-hydrogen) atoms. The first-order chi connectivity index (χ1) is 9.70. The third kappa shape index (κ3) is 3.74. The van der Waals surface area contributed by atoms with Gasteiger partial charge in [0.1, 0.15) is 12.4 Å². The molecule has 0 aromatic heterocycles. The van der Waals surface area contributed by atoms with Gasteiger partial charge in [-0.15, -0.1) is 6.42 Å². The van der Waals surface area contributed by atoms with E-state index in [1.165, 1.54) is 0 Å². The van der Waals surface area contributed by atoms with Crippen LogP contribution in [0.2, 0.25) is 0 Å². The SMILES string of the molecule is C#CCN(CC(=O)O)S(=O)(=O)c1ccc(F)cc1[N+](=O)[O-]. The molecular formula is C11H9FN2O6S. The molecule has 0 saturated heterocycles. The molecule has 0 spiro atoms. The summed E-state index contributed by atoms with van der Waals surface area (Å²) in [6, 6.07) is 1.84. The quantitative estimate of drug-likeness (QED) is 0.462. The van der Waals surface area contributed by atoms with Crippen molar-refractivity contribution in [3.8, 4) is 12.3 Å². The molecule has 10 heteroatoms. The number of halogens is 1. The van der Waals surface area contributed by atoms with Crippen molar-refractivity contribution in [3.63, 3.8) is 0 Å². The lowest BCUT2D eigenvalue weighted by Crippen LogP contribution is -2.36. The van der Waals surface area contributed by atoms with Gasteiger partial charge in [-0.1, -0.05) is 5.92 Å². The van der Waals surface area contributed by atoms with Gasteiger partial charge in [-0.05, 0) is 12.1 Å². The average molecular weight is 316 g/mol. The van der Waals surface area contributed by atoms with Crippen molar-refractivity contribution in [2.45, 2.75) is 4.90 Å². The van der Waals surface area contributed by atoms with Gasteiger partial charge >= 0.3 is 5.97 Å².